The van der Waals surface area contributed by atoms with Crippen LogP contribution >= 0.6 is 0 Å². The average molecular weight is 639 g/mol. The highest BCUT2D eigenvalue weighted by Gasteiger charge is 2.38. The van der Waals surface area contributed by atoms with Crippen molar-refractivity contribution in [1.82, 2.24) is 25.5 Å². The van der Waals surface area contributed by atoms with Crippen molar-refractivity contribution in [3.63, 3.8) is 0 Å². The third-order valence-corrected chi connectivity index (χ3v) is 8.28. The van der Waals surface area contributed by atoms with Crippen molar-refractivity contribution in [1.29, 1.82) is 0 Å². The molecule has 2 aromatic carbocycles. The van der Waals surface area contributed by atoms with Gasteiger partial charge in [0.1, 0.15) is 0 Å². The first-order valence-corrected chi connectivity index (χ1v) is 14.6. The maximum Gasteiger partial charge on any atom is 0.416 e. The van der Waals surface area contributed by atoms with Gasteiger partial charge in [-0.2, -0.15) is 26.3 Å². The van der Waals surface area contributed by atoms with Crippen LogP contribution in [-0.4, -0.2) is 72.4 Å². The van der Waals surface area contributed by atoms with Crippen molar-refractivity contribution in [3.8, 4) is 0 Å². The van der Waals surface area contributed by atoms with E-state index in [0.717, 1.165) is 5.56 Å². The quantitative estimate of drug-likeness (QED) is 0.454. The third-order valence-electron chi connectivity index (χ3n) is 8.28. The smallest absolute Gasteiger partial charge is 0.416 e. The number of nitrogens with zero attached hydrogens (tertiary/aromatic N) is 3. The number of hydrogen-bond acceptors (Lipinski definition) is 7. The molecule has 0 spiro atoms. The Labute approximate surface area is 256 Å². The summed E-state index contributed by atoms with van der Waals surface area (Å²) in [5.74, 6) is 0.189. The second-order valence-corrected chi connectivity index (χ2v) is 11.4. The van der Waals surface area contributed by atoms with Gasteiger partial charge < -0.3 is 25.2 Å². The van der Waals surface area contributed by atoms with Gasteiger partial charge in [0.2, 0.25) is 5.91 Å². The van der Waals surface area contributed by atoms with Crippen LogP contribution in [0, 0.1) is 12.1 Å². The van der Waals surface area contributed by atoms with Gasteiger partial charge in [0.15, 0.2) is 12.1 Å². The number of carbonyl (C=O) groups is 1. The van der Waals surface area contributed by atoms with E-state index in [0.29, 0.717) is 60.9 Å². The largest absolute Gasteiger partial charge is 0.758 e. The standard InChI is InChI=1S/C31H34F6N5O3/c1-19-6-3-4-7-24(19)27-16-28(41-9-5-8-40(10-11-41)20(2)43)45-29-25(17-38-18-39-29)26(42(27)44)14-21-12-22(30(32,33)34)15-23(13-21)31(35,36)37/h3-4,6-7,12-13,15-16,26,28,38-39H,5,8-11,14,17-18H2,1-2H3/q-1/b27-16-. The lowest BCUT2D eigenvalue weighted by Gasteiger charge is -2.47. The minimum atomic E-state index is -5.03. The van der Waals surface area contributed by atoms with Crippen LogP contribution in [0.15, 0.2) is 60.0 Å². The number of rotatable bonds is 4. The number of ether oxygens (including phenoxy) is 1. The highest BCUT2D eigenvalue weighted by atomic mass is 19.4. The highest BCUT2D eigenvalue weighted by molar-refractivity contribution is 5.73. The van der Waals surface area contributed by atoms with E-state index in [-0.39, 0.29) is 42.3 Å². The molecule has 0 saturated carbocycles. The van der Waals surface area contributed by atoms with Gasteiger partial charge in [0.25, 0.3) is 0 Å². The zero-order chi connectivity index (χ0) is 32.5. The minimum absolute atomic E-state index is 0.0477. The summed E-state index contributed by atoms with van der Waals surface area (Å²) in [7, 11) is 0. The Morgan fingerprint density at radius 2 is 1.69 bits per heavy atom. The predicted molar refractivity (Wildman–Crippen MR) is 155 cm³/mol. The topological polar surface area (TPSA) is 83.1 Å². The summed E-state index contributed by atoms with van der Waals surface area (Å²) in [6.45, 7) is 5.72. The first-order valence-electron chi connectivity index (χ1n) is 14.6. The molecule has 244 valence electrons. The van der Waals surface area contributed by atoms with Gasteiger partial charge in [-0.1, -0.05) is 24.3 Å². The maximum atomic E-state index is 14.5. The summed E-state index contributed by atoms with van der Waals surface area (Å²) in [5, 5.41) is 21.3. The number of hydrogen-bond donors (Lipinski definition) is 2. The highest BCUT2D eigenvalue weighted by Crippen LogP contribution is 2.38. The van der Waals surface area contributed by atoms with E-state index in [9.17, 15) is 36.3 Å². The van der Waals surface area contributed by atoms with Crippen LogP contribution in [0.25, 0.3) is 5.70 Å². The number of nitrogens with one attached hydrogen (secondary N) is 2. The van der Waals surface area contributed by atoms with E-state index in [1.54, 1.807) is 42.2 Å². The fourth-order valence-electron chi connectivity index (χ4n) is 5.92. The number of alkyl halides is 6. The van der Waals surface area contributed by atoms with Gasteiger partial charge in [-0.15, -0.1) is 0 Å². The fraction of sp³-hybridized carbons (Fsp3) is 0.452. The molecule has 1 amide bonds. The summed E-state index contributed by atoms with van der Waals surface area (Å²) < 4.78 is 88.7. The molecule has 0 aliphatic carbocycles. The Kier molecular flexibility index (Phi) is 9.38. The van der Waals surface area contributed by atoms with Crippen molar-refractivity contribution in [3.05, 3.63) is 93.0 Å². The van der Waals surface area contributed by atoms with Crippen molar-refractivity contribution in [2.45, 2.75) is 51.3 Å². The second kappa shape index (κ2) is 12.9. The summed E-state index contributed by atoms with van der Waals surface area (Å²) in [5.41, 5.74) is -1.35. The molecular weight excluding hydrogens is 604 g/mol. The molecule has 5 rings (SSSR count). The first-order chi connectivity index (χ1) is 21.2. The number of benzene rings is 2. The number of aryl methyl sites for hydroxylation is 1. The number of hydroxylamine groups is 2. The first kappa shape index (κ1) is 32.6. The normalized spacial score (nSPS) is 23.2. The van der Waals surface area contributed by atoms with Crippen LogP contribution in [0.1, 0.15) is 41.2 Å². The van der Waals surface area contributed by atoms with E-state index < -0.39 is 42.2 Å². The Morgan fingerprint density at radius 3 is 2.33 bits per heavy atom. The van der Waals surface area contributed by atoms with Crippen molar-refractivity contribution >= 4 is 11.6 Å². The van der Waals surface area contributed by atoms with Gasteiger partial charge in [0, 0.05) is 57.0 Å². The monoisotopic (exact) mass is 638 g/mol. The summed E-state index contributed by atoms with van der Waals surface area (Å²) >= 11 is 0. The lowest BCUT2D eigenvalue weighted by atomic mass is 9.93. The van der Waals surface area contributed by atoms with E-state index in [2.05, 4.69) is 10.6 Å². The Hall–Kier alpha value is -3.75. The Morgan fingerprint density at radius 1 is 1.00 bits per heavy atom. The molecule has 0 aromatic heterocycles. The van der Waals surface area contributed by atoms with E-state index >= 15 is 0 Å². The molecular formula is C31H34F6N5O3-. The van der Waals surface area contributed by atoms with Crippen molar-refractivity contribution < 1.29 is 35.9 Å². The molecule has 2 unspecified atom stereocenters. The zero-order valence-corrected chi connectivity index (χ0v) is 24.8. The van der Waals surface area contributed by atoms with E-state index in [1.807, 2.05) is 4.90 Å². The average Bonchev–Trinajstić information content (AvgIpc) is 3.24. The van der Waals surface area contributed by atoms with Gasteiger partial charge in [-0.05, 0) is 60.7 Å². The molecule has 8 nitrogen and oxygen atoms in total. The summed E-state index contributed by atoms with van der Waals surface area (Å²) in [6, 6.07) is 7.26. The Bertz CT molecular complexity index is 1440. The van der Waals surface area contributed by atoms with Crippen LogP contribution < -0.4 is 10.6 Å². The molecule has 3 aliphatic rings. The number of amides is 1. The van der Waals surface area contributed by atoms with E-state index in [1.165, 1.54) is 6.92 Å². The molecule has 2 N–H and O–H groups in total. The zero-order valence-electron chi connectivity index (χ0n) is 24.8. The number of carbonyl (C=O) groups excluding carboxylic acids is 1. The Balaban J connectivity index is 1.61. The van der Waals surface area contributed by atoms with E-state index in [4.69, 9.17) is 4.74 Å². The van der Waals surface area contributed by atoms with Gasteiger partial charge in [-0.25, -0.2) is 0 Å². The SMILES string of the molecule is CC(=O)N1CCCN(C2/C=C(/c3ccccc3C)N([O-])C(Cc3cc(C(F)(F)F)cc(C(F)(F)F)c3)C3=C(NCNC3)O2)CC1. The second-order valence-electron chi connectivity index (χ2n) is 11.4. The van der Waals surface area contributed by atoms with Crippen LogP contribution in [0.3, 0.4) is 0 Å². The molecule has 2 atom stereocenters. The lowest BCUT2D eigenvalue weighted by Crippen LogP contribution is -2.49. The predicted octanol–water partition coefficient (Wildman–Crippen LogP) is 5.06. The van der Waals surface area contributed by atoms with Crippen LogP contribution in [0.2, 0.25) is 0 Å². The summed E-state index contributed by atoms with van der Waals surface area (Å²) in [6.07, 6.45) is -8.96. The van der Waals surface area contributed by atoms with Crippen molar-refractivity contribution in [2.24, 2.45) is 0 Å². The molecule has 1 fully saturated rings. The summed E-state index contributed by atoms with van der Waals surface area (Å²) in [4.78, 5) is 15.8. The molecule has 0 bridgehead atoms. The molecule has 45 heavy (non-hydrogen) atoms. The molecule has 0 radical (unpaired) electrons. The molecule has 2 aromatic rings. The fourth-order valence-corrected chi connectivity index (χ4v) is 5.92. The lowest BCUT2D eigenvalue weighted by molar-refractivity contribution is -0.143. The minimum Gasteiger partial charge on any atom is -0.758 e. The van der Waals surface area contributed by atoms with Crippen LogP contribution in [0.4, 0.5) is 26.3 Å². The number of halogens is 6. The molecule has 1 saturated heterocycles. The van der Waals surface area contributed by atoms with Crippen LogP contribution in [-0.2, 0) is 28.3 Å². The third kappa shape index (κ3) is 7.39. The molecule has 3 aliphatic heterocycles. The van der Waals surface area contributed by atoms with Gasteiger partial charge >= 0.3 is 12.4 Å². The van der Waals surface area contributed by atoms with Crippen LogP contribution in [0.5, 0.6) is 0 Å². The van der Waals surface area contributed by atoms with Crippen molar-refractivity contribution in [2.75, 3.05) is 39.4 Å². The van der Waals surface area contributed by atoms with Gasteiger partial charge in [0.05, 0.1) is 17.8 Å². The maximum absolute atomic E-state index is 14.5. The molecule has 3 heterocycles. The van der Waals surface area contributed by atoms with Gasteiger partial charge in [-0.3, -0.25) is 15.0 Å². The molecule has 14 heteroatoms.